The van der Waals surface area contributed by atoms with Crippen LogP contribution in [-0.4, -0.2) is 24.2 Å². The summed E-state index contributed by atoms with van der Waals surface area (Å²) in [5.74, 6) is -2.84. The van der Waals surface area contributed by atoms with Gasteiger partial charge in [-0.05, 0) is 47.5 Å². The van der Waals surface area contributed by atoms with Crippen LogP contribution in [0.5, 0.6) is 0 Å². The van der Waals surface area contributed by atoms with Crippen LogP contribution in [0.2, 0.25) is 0 Å². The van der Waals surface area contributed by atoms with E-state index in [1.807, 2.05) is 0 Å². The number of rotatable bonds is 5. The summed E-state index contributed by atoms with van der Waals surface area (Å²) in [6.45, 7) is 0. The number of Topliss-reactive ketones (excluding diaryl/α,β-unsaturated/α-hetero) is 1. The molecule has 9 heteroatoms. The third-order valence-corrected chi connectivity index (χ3v) is 4.81. The zero-order valence-electron chi connectivity index (χ0n) is 12.8. The van der Waals surface area contributed by atoms with Crippen molar-refractivity contribution < 1.29 is 22.8 Å². The van der Waals surface area contributed by atoms with Gasteiger partial charge in [-0.15, -0.1) is 11.3 Å². The first kappa shape index (κ1) is 19.0. The van der Waals surface area contributed by atoms with E-state index >= 15 is 0 Å². The molecule has 0 aliphatic heterocycles. The molecule has 1 atom stereocenters. The summed E-state index contributed by atoms with van der Waals surface area (Å²) < 4.78 is 37.0. The third-order valence-electron chi connectivity index (χ3n) is 3.19. The lowest BCUT2D eigenvalue weighted by Gasteiger charge is -2.19. The number of thiophene rings is 1. The number of alkyl halides is 3. The molecule has 1 aromatic carbocycles. The number of ketones is 1. The van der Waals surface area contributed by atoms with Crippen molar-refractivity contribution in [3.8, 4) is 6.07 Å². The summed E-state index contributed by atoms with van der Waals surface area (Å²) in [5.41, 5.74) is -4.11. The van der Waals surface area contributed by atoms with Crippen LogP contribution in [0.15, 0.2) is 46.7 Å². The predicted octanol–water partition coefficient (Wildman–Crippen LogP) is 4.35. The van der Waals surface area contributed by atoms with Gasteiger partial charge in [0.2, 0.25) is 0 Å². The quantitative estimate of drug-likeness (QED) is 0.437. The normalized spacial score (nSPS) is 12.3. The summed E-state index contributed by atoms with van der Waals surface area (Å²) in [5, 5.41) is 10.9. The number of hydrogen-bond acceptors (Lipinski definition) is 5. The van der Waals surface area contributed by atoms with Crippen molar-refractivity contribution in [3.63, 3.8) is 0 Å². The van der Waals surface area contributed by atoms with Crippen LogP contribution >= 0.6 is 23.1 Å². The molecule has 1 aromatic heterocycles. The molecule has 0 aliphatic carbocycles. The Morgan fingerprint density at radius 3 is 2.36 bits per heavy atom. The summed E-state index contributed by atoms with van der Waals surface area (Å²) in [6, 6.07) is 9.96. The number of carbonyl (C=O) groups excluding carboxylic acids is 2. The van der Waals surface area contributed by atoms with Crippen molar-refractivity contribution in [2.75, 3.05) is 11.9 Å². The van der Waals surface area contributed by atoms with Crippen LogP contribution in [0, 0.1) is 17.2 Å². The van der Waals surface area contributed by atoms with Gasteiger partial charge < -0.3 is 4.90 Å². The molecule has 1 unspecified atom stereocenters. The first-order valence-corrected chi connectivity index (χ1v) is 8.53. The van der Waals surface area contributed by atoms with Gasteiger partial charge in [-0.3, -0.25) is 9.59 Å². The number of nitriles is 1. The molecule has 0 radical (unpaired) electrons. The van der Waals surface area contributed by atoms with Gasteiger partial charge in [-0.1, -0.05) is 6.07 Å². The highest BCUT2D eigenvalue weighted by Gasteiger charge is 2.32. The van der Waals surface area contributed by atoms with E-state index in [-0.39, 0.29) is 22.3 Å². The molecule has 0 saturated heterocycles. The van der Waals surface area contributed by atoms with E-state index in [0.29, 0.717) is 4.88 Å². The van der Waals surface area contributed by atoms with Crippen molar-refractivity contribution in [3.05, 3.63) is 46.7 Å². The van der Waals surface area contributed by atoms with Gasteiger partial charge in [0.15, 0.2) is 11.7 Å². The second-order valence-corrected chi connectivity index (χ2v) is 6.93. The molecule has 2 aromatic rings. The maximum Gasteiger partial charge on any atom is 0.446 e. The first-order valence-electron chi connectivity index (χ1n) is 6.83. The number of thioether (sulfide) groups is 1. The highest BCUT2D eigenvalue weighted by molar-refractivity contribution is 8.00. The van der Waals surface area contributed by atoms with E-state index in [1.54, 1.807) is 17.5 Å². The van der Waals surface area contributed by atoms with Gasteiger partial charge in [-0.25, -0.2) is 0 Å². The molecule has 0 saturated carbocycles. The van der Waals surface area contributed by atoms with Gasteiger partial charge in [-0.2, -0.15) is 18.4 Å². The Labute approximate surface area is 149 Å². The van der Waals surface area contributed by atoms with Crippen molar-refractivity contribution in [1.82, 2.24) is 0 Å². The summed E-state index contributed by atoms with van der Waals surface area (Å²) in [7, 11) is 1.36. The molecule has 1 amide bonds. The van der Waals surface area contributed by atoms with Crippen LogP contribution in [0.25, 0.3) is 0 Å². The number of hydrogen-bond donors (Lipinski definition) is 0. The Bertz CT molecular complexity index is 796. The van der Waals surface area contributed by atoms with E-state index in [2.05, 4.69) is 0 Å². The Balaban J connectivity index is 2.15. The van der Waals surface area contributed by atoms with E-state index in [0.717, 1.165) is 16.2 Å². The second-order valence-electron chi connectivity index (χ2n) is 4.84. The van der Waals surface area contributed by atoms with Gasteiger partial charge >= 0.3 is 5.51 Å². The van der Waals surface area contributed by atoms with Gasteiger partial charge in [0.1, 0.15) is 0 Å². The average molecular weight is 384 g/mol. The molecule has 0 spiro atoms. The zero-order chi connectivity index (χ0) is 18.6. The van der Waals surface area contributed by atoms with Crippen LogP contribution in [0.4, 0.5) is 18.9 Å². The Morgan fingerprint density at radius 1 is 1.24 bits per heavy atom. The van der Waals surface area contributed by atoms with Crippen molar-refractivity contribution in [1.29, 1.82) is 5.26 Å². The highest BCUT2D eigenvalue weighted by Crippen LogP contribution is 2.37. The van der Waals surface area contributed by atoms with Crippen LogP contribution in [0.1, 0.15) is 9.67 Å². The number of amides is 1. The predicted molar refractivity (Wildman–Crippen MR) is 89.5 cm³/mol. The fraction of sp³-hybridized carbons (Fsp3) is 0.188. The minimum Gasteiger partial charge on any atom is -0.314 e. The topological polar surface area (TPSA) is 61.2 Å². The molecule has 0 fully saturated rings. The number of anilines is 1. The summed E-state index contributed by atoms with van der Waals surface area (Å²) in [6.07, 6.45) is 0. The van der Waals surface area contributed by atoms with E-state index in [1.165, 1.54) is 37.4 Å². The molecule has 1 heterocycles. The van der Waals surface area contributed by atoms with Gasteiger partial charge in [0.05, 0.1) is 10.9 Å². The first-order chi connectivity index (χ1) is 11.7. The largest absolute Gasteiger partial charge is 0.446 e. The lowest BCUT2D eigenvalue weighted by atomic mass is 10.0. The Kier molecular flexibility index (Phi) is 5.87. The SMILES string of the molecule is CN(C(=O)C(C#N)C(=O)c1cccs1)c1ccc(SC(F)(F)F)cc1. The third kappa shape index (κ3) is 4.84. The lowest BCUT2D eigenvalue weighted by Crippen LogP contribution is -2.36. The molecule has 0 bridgehead atoms. The Morgan fingerprint density at radius 2 is 1.88 bits per heavy atom. The smallest absolute Gasteiger partial charge is 0.314 e. The summed E-state index contributed by atoms with van der Waals surface area (Å²) >= 11 is 0.861. The maximum atomic E-state index is 12.4. The van der Waals surface area contributed by atoms with Crippen molar-refractivity contribution in [2.45, 2.75) is 10.4 Å². The minimum absolute atomic E-state index is 0.0244. The fourth-order valence-electron chi connectivity index (χ4n) is 1.98. The molecular weight excluding hydrogens is 373 g/mol. The zero-order valence-corrected chi connectivity index (χ0v) is 14.4. The van der Waals surface area contributed by atoms with Crippen LogP contribution < -0.4 is 4.90 Å². The molecule has 0 N–H and O–H groups in total. The van der Waals surface area contributed by atoms with Crippen molar-refractivity contribution >= 4 is 40.5 Å². The highest BCUT2D eigenvalue weighted by atomic mass is 32.2. The van der Waals surface area contributed by atoms with E-state index in [9.17, 15) is 28.0 Å². The van der Waals surface area contributed by atoms with Crippen LogP contribution in [0.3, 0.4) is 0 Å². The standard InChI is InChI=1S/C16H11F3N2O2S2/c1-21(10-4-6-11(7-5-10)25-16(17,18)19)15(23)12(9-20)14(22)13-3-2-8-24-13/h2-8,12H,1H3. The number of carbonyl (C=O) groups is 2. The monoisotopic (exact) mass is 384 g/mol. The molecule has 130 valence electrons. The lowest BCUT2D eigenvalue weighted by molar-refractivity contribution is -0.119. The molecule has 4 nitrogen and oxygen atoms in total. The van der Waals surface area contributed by atoms with E-state index < -0.39 is 23.1 Å². The van der Waals surface area contributed by atoms with E-state index in [4.69, 9.17) is 0 Å². The fourth-order valence-corrected chi connectivity index (χ4v) is 3.21. The Hall–Kier alpha value is -2.31. The molecule has 0 aliphatic rings. The van der Waals surface area contributed by atoms with Crippen molar-refractivity contribution in [2.24, 2.45) is 5.92 Å². The average Bonchev–Trinajstić information content (AvgIpc) is 3.08. The molecule has 25 heavy (non-hydrogen) atoms. The molecule has 2 rings (SSSR count). The van der Waals surface area contributed by atoms with Gasteiger partial charge in [0, 0.05) is 17.6 Å². The maximum absolute atomic E-state index is 12.4. The molecular formula is C16H11F3N2O2S2. The number of halogens is 3. The number of benzene rings is 1. The second kappa shape index (κ2) is 7.72. The summed E-state index contributed by atoms with van der Waals surface area (Å²) in [4.78, 5) is 26.0. The number of nitrogens with zero attached hydrogens (tertiary/aromatic N) is 2. The van der Waals surface area contributed by atoms with Crippen LogP contribution in [-0.2, 0) is 4.79 Å². The van der Waals surface area contributed by atoms with Gasteiger partial charge in [0.25, 0.3) is 5.91 Å². The minimum atomic E-state index is -4.40.